The third-order valence-electron chi connectivity index (χ3n) is 3.90. The number of pyridine rings is 1. The largest absolute Gasteiger partial charge is 0.398 e. The summed E-state index contributed by atoms with van der Waals surface area (Å²) in [4.78, 5) is 4.29. The van der Waals surface area contributed by atoms with Crippen molar-refractivity contribution in [3.8, 4) is 0 Å². The van der Waals surface area contributed by atoms with Gasteiger partial charge in [0.1, 0.15) is 0 Å². The Balaban J connectivity index is 2.06. The van der Waals surface area contributed by atoms with E-state index in [4.69, 9.17) is 10.5 Å². The molecule has 106 valence electrons. The van der Waals surface area contributed by atoms with E-state index in [0.29, 0.717) is 30.1 Å². The van der Waals surface area contributed by atoms with Gasteiger partial charge < -0.3 is 15.8 Å². The molecule has 5 heteroatoms. The quantitative estimate of drug-likeness (QED) is 0.827. The second kappa shape index (κ2) is 4.90. The molecule has 0 aliphatic carbocycles. The van der Waals surface area contributed by atoms with Gasteiger partial charge in [0.2, 0.25) is 0 Å². The molecule has 1 aliphatic rings. The first-order valence-corrected chi connectivity index (χ1v) is 6.78. The Morgan fingerprint density at radius 1 is 1.40 bits per heavy atom. The molecule has 4 nitrogen and oxygen atoms in total. The number of aromatic nitrogens is 1. The number of halogens is 1. The summed E-state index contributed by atoms with van der Waals surface area (Å²) in [6, 6.07) is 5.01. The van der Waals surface area contributed by atoms with Crippen LogP contribution in [0.5, 0.6) is 0 Å². The summed E-state index contributed by atoms with van der Waals surface area (Å²) in [6.07, 6.45) is 3.33. The lowest BCUT2D eigenvalue weighted by Gasteiger charge is -2.35. The van der Waals surface area contributed by atoms with E-state index >= 15 is 0 Å². The molecule has 3 rings (SSSR count). The Hall–Kier alpha value is -1.88. The maximum atomic E-state index is 14.3. The maximum Gasteiger partial charge on any atom is 0.150 e. The van der Waals surface area contributed by atoms with Crippen LogP contribution in [0, 0.1) is 5.82 Å². The van der Waals surface area contributed by atoms with Crippen LogP contribution in [0.15, 0.2) is 24.4 Å². The lowest BCUT2D eigenvalue weighted by atomic mass is 9.92. The number of ether oxygens (including phenoxy) is 1. The van der Waals surface area contributed by atoms with Gasteiger partial charge in [-0.05, 0) is 38.0 Å². The van der Waals surface area contributed by atoms with Crippen molar-refractivity contribution >= 4 is 22.3 Å². The van der Waals surface area contributed by atoms with Crippen molar-refractivity contribution in [3.05, 3.63) is 30.2 Å². The Morgan fingerprint density at radius 2 is 2.15 bits per heavy atom. The normalized spacial score (nSPS) is 18.1. The molecule has 2 aromatic rings. The van der Waals surface area contributed by atoms with Crippen LogP contribution in [-0.2, 0) is 4.74 Å². The summed E-state index contributed by atoms with van der Waals surface area (Å²) >= 11 is 0. The van der Waals surface area contributed by atoms with Crippen molar-refractivity contribution in [1.29, 1.82) is 0 Å². The molecule has 0 spiro atoms. The average Bonchev–Trinajstić information content (AvgIpc) is 2.44. The van der Waals surface area contributed by atoms with Crippen molar-refractivity contribution in [1.82, 2.24) is 4.98 Å². The van der Waals surface area contributed by atoms with Gasteiger partial charge in [-0.15, -0.1) is 0 Å². The molecule has 0 amide bonds. The minimum atomic E-state index is -0.360. The highest BCUT2D eigenvalue weighted by Gasteiger charge is 2.29. The molecule has 0 atom stereocenters. The highest BCUT2D eigenvalue weighted by atomic mass is 19.1. The van der Waals surface area contributed by atoms with Gasteiger partial charge in [-0.25, -0.2) is 4.39 Å². The zero-order valence-corrected chi connectivity index (χ0v) is 11.4. The van der Waals surface area contributed by atoms with Gasteiger partial charge in [-0.3, -0.25) is 4.98 Å². The second-order valence-electron chi connectivity index (χ2n) is 5.52. The van der Waals surface area contributed by atoms with Gasteiger partial charge in [0.15, 0.2) is 5.82 Å². The number of nitrogens with one attached hydrogen (secondary N) is 1. The number of hydrogen-bond donors (Lipinski definition) is 2. The number of fused-ring (bicyclic) bond motifs is 1. The SMILES string of the molecule is CC1(Nc2c(F)cc(N)c3cccnc23)CCOCC1. The molecule has 0 bridgehead atoms. The third kappa shape index (κ3) is 2.29. The van der Waals surface area contributed by atoms with Crippen LogP contribution in [0.25, 0.3) is 10.9 Å². The van der Waals surface area contributed by atoms with Gasteiger partial charge in [0.05, 0.1) is 11.2 Å². The minimum Gasteiger partial charge on any atom is -0.398 e. The van der Waals surface area contributed by atoms with Gasteiger partial charge in [0, 0.05) is 36.0 Å². The maximum absolute atomic E-state index is 14.3. The molecule has 20 heavy (non-hydrogen) atoms. The van der Waals surface area contributed by atoms with E-state index in [0.717, 1.165) is 18.2 Å². The lowest BCUT2D eigenvalue weighted by Crippen LogP contribution is -2.41. The highest BCUT2D eigenvalue weighted by molar-refractivity contribution is 5.98. The van der Waals surface area contributed by atoms with E-state index in [1.165, 1.54) is 6.07 Å². The van der Waals surface area contributed by atoms with E-state index in [1.807, 2.05) is 6.07 Å². The summed E-state index contributed by atoms with van der Waals surface area (Å²) in [5.41, 5.74) is 7.10. The first kappa shape index (κ1) is 13.1. The number of nitrogens with zero attached hydrogens (tertiary/aromatic N) is 1. The monoisotopic (exact) mass is 275 g/mol. The molecule has 2 heterocycles. The average molecular weight is 275 g/mol. The van der Waals surface area contributed by atoms with Crippen molar-refractivity contribution in [2.45, 2.75) is 25.3 Å². The smallest absolute Gasteiger partial charge is 0.150 e. The molecule has 3 N–H and O–H groups in total. The van der Waals surface area contributed by atoms with Gasteiger partial charge in [-0.2, -0.15) is 0 Å². The van der Waals surface area contributed by atoms with Crippen LogP contribution in [0.4, 0.5) is 15.8 Å². The predicted octanol–water partition coefficient (Wildman–Crippen LogP) is 2.94. The van der Waals surface area contributed by atoms with Crippen molar-refractivity contribution in [3.63, 3.8) is 0 Å². The Morgan fingerprint density at radius 3 is 2.90 bits per heavy atom. The fourth-order valence-electron chi connectivity index (χ4n) is 2.60. The van der Waals surface area contributed by atoms with Gasteiger partial charge in [-0.1, -0.05) is 0 Å². The zero-order valence-electron chi connectivity index (χ0n) is 11.4. The zero-order chi connectivity index (χ0) is 14.2. The van der Waals surface area contributed by atoms with Gasteiger partial charge in [0.25, 0.3) is 0 Å². The van der Waals surface area contributed by atoms with Crippen molar-refractivity contribution in [2.24, 2.45) is 0 Å². The number of nitrogen functional groups attached to an aromatic ring is 1. The van der Waals surface area contributed by atoms with Crippen molar-refractivity contribution in [2.75, 3.05) is 24.3 Å². The Kier molecular flexibility index (Phi) is 3.22. The van der Waals surface area contributed by atoms with Gasteiger partial charge >= 0.3 is 0 Å². The summed E-state index contributed by atoms with van der Waals surface area (Å²) in [5.74, 6) is -0.360. The highest BCUT2D eigenvalue weighted by Crippen LogP contribution is 2.33. The second-order valence-corrected chi connectivity index (χ2v) is 5.52. The number of nitrogens with two attached hydrogens (primary N) is 1. The number of benzene rings is 1. The molecule has 1 aromatic heterocycles. The molecule has 1 fully saturated rings. The standard InChI is InChI=1S/C15H18FN3O/c1-15(4-7-20-8-5-15)19-14-11(16)9-12(17)10-3-2-6-18-13(10)14/h2-3,6,9,19H,4-5,7-8,17H2,1H3. The van der Waals surface area contributed by atoms with E-state index in [9.17, 15) is 4.39 Å². The molecule has 1 saturated heterocycles. The molecular weight excluding hydrogens is 257 g/mol. The Labute approximate surface area is 117 Å². The fraction of sp³-hybridized carbons (Fsp3) is 0.400. The van der Waals surface area contributed by atoms with Crippen LogP contribution in [0.3, 0.4) is 0 Å². The topological polar surface area (TPSA) is 60.2 Å². The van der Waals surface area contributed by atoms with Crippen LogP contribution < -0.4 is 11.1 Å². The molecule has 0 unspecified atom stereocenters. The summed E-state index contributed by atoms with van der Waals surface area (Å²) in [6.45, 7) is 3.46. The fourth-order valence-corrected chi connectivity index (χ4v) is 2.60. The minimum absolute atomic E-state index is 0.181. The van der Waals surface area contributed by atoms with Crippen LogP contribution in [0.1, 0.15) is 19.8 Å². The number of hydrogen-bond acceptors (Lipinski definition) is 4. The predicted molar refractivity (Wildman–Crippen MR) is 78.2 cm³/mol. The first-order valence-electron chi connectivity index (χ1n) is 6.78. The molecule has 1 aromatic carbocycles. The molecule has 0 saturated carbocycles. The van der Waals surface area contributed by atoms with E-state index < -0.39 is 0 Å². The van der Waals surface area contributed by atoms with E-state index in [2.05, 4.69) is 17.2 Å². The lowest BCUT2D eigenvalue weighted by molar-refractivity contribution is 0.0657. The van der Waals surface area contributed by atoms with E-state index in [1.54, 1.807) is 12.3 Å². The van der Waals surface area contributed by atoms with Crippen LogP contribution in [-0.4, -0.2) is 23.7 Å². The molecular formula is C15H18FN3O. The summed E-state index contributed by atoms with van der Waals surface area (Å²) < 4.78 is 19.7. The molecule has 0 radical (unpaired) electrons. The first-order chi connectivity index (χ1) is 9.59. The number of anilines is 2. The summed E-state index contributed by atoms with van der Waals surface area (Å²) in [5, 5.41) is 4.09. The third-order valence-corrected chi connectivity index (χ3v) is 3.90. The van der Waals surface area contributed by atoms with Crippen molar-refractivity contribution < 1.29 is 9.13 Å². The van der Waals surface area contributed by atoms with E-state index in [-0.39, 0.29) is 11.4 Å². The molecule has 1 aliphatic heterocycles. The number of rotatable bonds is 2. The summed E-state index contributed by atoms with van der Waals surface area (Å²) in [7, 11) is 0. The van der Waals surface area contributed by atoms with Crippen LogP contribution >= 0.6 is 0 Å². The Bertz CT molecular complexity index is 638. The van der Waals surface area contributed by atoms with Crippen LogP contribution in [0.2, 0.25) is 0 Å².